The molecule has 190 valence electrons. The molecule has 10 nitrogen and oxygen atoms in total. The summed E-state index contributed by atoms with van der Waals surface area (Å²) in [4.78, 5) is 33.5. The number of urea groups is 2. The Kier molecular flexibility index (Phi) is 8.22. The number of amides is 4. The number of aliphatic imine (C=N–C) groups is 2. The summed E-state index contributed by atoms with van der Waals surface area (Å²) in [6.07, 6.45) is 0. The van der Waals surface area contributed by atoms with Crippen LogP contribution in [0.25, 0.3) is 0 Å². The summed E-state index contributed by atoms with van der Waals surface area (Å²) in [5.74, 6) is 1.75. The van der Waals surface area contributed by atoms with Gasteiger partial charge in [-0.15, -0.1) is 12.4 Å². The number of nitrogens with zero attached hydrogens (tertiary/aromatic N) is 2. The van der Waals surface area contributed by atoms with Crippen molar-refractivity contribution in [3.05, 3.63) is 83.9 Å². The highest BCUT2D eigenvalue weighted by Crippen LogP contribution is 2.17. The Balaban J connectivity index is 0.00000320. The maximum atomic E-state index is 12.3. The van der Waals surface area contributed by atoms with Gasteiger partial charge in [0.25, 0.3) is 0 Å². The van der Waals surface area contributed by atoms with Gasteiger partial charge in [-0.3, -0.25) is 9.98 Å². The van der Waals surface area contributed by atoms with Crippen LogP contribution in [0.5, 0.6) is 0 Å². The van der Waals surface area contributed by atoms with Crippen LogP contribution < -0.4 is 31.9 Å². The van der Waals surface area contributed by atoms with Crippen LogP contribution in [0.3, 0.4) is 0 Å². The summed E-state index contributed by atoms with van der Waals surface area (Å²) in [5.41, 5.74) is 4.51. The first-order chi connectivity index (χ1) is 17.6. The molecule has 3 aromatic rings. The molecule has 0 radical (unpaired) electrons. The minimum atomic E-state index is -0.361. The van der Waals surface area contributed by atoms with Crippen molar-refractivity contribution < 1.29 is 9.59 Å². The number of amidine groups is 2. The van der Waals surface area contributed by atoms with Crippen molar-refractivity contribution in [3.8, 4) is 0 Å². The van der Waals surface area contributed by atoms with Crippen molar-refractivity contribution in [1.29, 1.82) is 0 Å². The van der Waals surface area contributed by atoms with Gasteiger partial charge in [-0.25, -0.2) is 9.59 Å². The number of hydrogen-bond acceptors (Lipinski definition) is 6. The van der Waals surface area contributed by atoms with Gasteiger partial charge in [0.05, 0.1) is 13.1 Å². The van der Waals surface area contributed by atoms with Gasteiger partial charge >= 0.3 is 12.1 Å². The normalized spacial score (nSPS) is 13.7. The molecule has 0 aromatic heterocycles. The van der Waals surface area contributed by atoms with Crippen molar-refractivity contribution in [2.75, 3.05) is 47.4 Å². The van der Waals surface area contributed by atoms with Gasteiger partial charge in [0.1, 0.15) is 11.7 Å². The van der Waals surface area contributed by atoms with Crippen molar-refractivity contribution in [2.45, 2.75) is 0 Å². The Hall–Kier alpha value is -4.57. The number of carbonyl (C=O) groups excluding carboxylic acids is 2. The van der Waals surface area contributed by atoms with E-state index in [1.54, 1.807) is 24.3 Å². The highest BCUT2D eigenvalue weighted by molar-refractivity contribution is 6.03. The smallest absolute Gasteiger partial charge is 0.323 e. The Morgan fingerprint density at radius 1 is 0.541 bits per heavy atom. The van der Waals surface area contributed by atoms with Crippen LogP contribution in [0.4, 0.5) is 32.3 Å². The van der Waals surface area contributed by atoms with E-state index in [9.17, 15) is 9.59 Å². The zero-order chi connectivity index (χ0) is 24.7. The first-order valence-corrected chi connectivity index (χ1v) is 11.7. The van der Waals surface area contributed by atoms with Gasteiger partial charge in [-0.1, -0.05) is 0 Å². The predicted octanol–water partition coefficient (Wildman–Crippen LogP) is 4.10. The van der Waals surface area contributed by atoms with Crippen LogP contribution >= 0.6 is 12.4 Å². The fraction of sp³-hybridized carbons (Fsp3) is 0.154. The lowest BCUT2D eigenvalue weighted by Crippen LogP contribution is -2.21. The van der Waals surface area contributed by atoms with Gasteiger partial charge in [0.15, 0.2) is 0 Å². The second-order valence-corrected chi connectivity index (χ2v) is 8.20. The minimum absolute atomic E-state index is 0. The van der Waals surface area contributed by atoms with E-state index in [4.69, 9.17) is 0 Å². The second-order valence-electron chi connectivity index (χ2n) is 8.20. The molecule has 0 atom stereocenters. The minimum Gasteiger partial charge on any atom is -0.368 e. The third-order valence-corrected chi connectivity index (χ3v) is 5.58. The van der Waals surface area contributed by atoms with E-state index in [-0.39, 0.29) is 24.5 Å². The van der Waals surface area contributed by atoms with Gasteiger partial charge in [-0.2, -0.15) is 0 Å². The zero-order valence-corrected chi connectivity index (χ0v) is 20.7. The zero-order valence-electron chi connectivity index (χ0n) is 19.9. The fourth-order valence-electron chi connectivity index (χ4n) is 3.83. The van der Waals surface area contributed by atoms with Crippen LogP contribution in [0.2, 0.25) is 0 Å². The topological polar surface area (TPSA) is 131 Å². The van der Waals surface area contributed by atoms with E-state index >= 15 is 0 Å². The fourth-order valence-corrected chi connectivity index (χ4v) is 3.83. The van der Waals surface area contributed by atoms with Crippen LogP contribution in [0.15, 0.2) is 82.8 Å². The molecular formula is C26H27ClN8O2. The van der Waals surface area contributed by atoms with E-state index in [0.29, 0.717) is 22.7 Å². The standard InChI is InChI=1S/C26H26N8O2.ClH/c35-25(31-19-5-1-17(2-6-19)23-27-13-14-28-23)33-21-9-11-22(12-10-21)34-26(36)32-20-7-3-18(4-8-20)24-29-15-16-30-24;/h1-12H,13-16H2,(H,27,28)(H,29,30)(H2,31,33,35)(H2,32,34,36);1H. The molecule has 0 unspecified atom stereocenters. The molecule has 3 aromatic carbocycles. The molecule has 0 saturated heterocycles. The van der Waals surface area contributed by atoms with Crippen LogP contribution in [-0.2, 0) is 0 Å². The lowest BCUT2D eigenvalue weighted by atomic mass is 10.2. The summed E-state index contributed by atoms with van der Waals surface area (Å²) in [6, 6.07) is 21.1. The molecule has 0 saturated carbocycles. The molecule has 5 rings (SSSR count). The molecule has 2 heterocycles. The van der Waals surface area contributed by atoms with Crippen molar-refractivity contribution >= 4 is 58.9 Å². The molecule has 2 aliphatic rings. The SMILES string of the molecule is Cl.O=C(Nc1ccc(NC(=O)Nc2ccc(C3=NCCN3)cc2)cc1)Nc1ccc(C2=NCCN2)cc1. The van der Waals surface area contributed by atoms with Crippen LogP contribution in [-0.4, -0.2) is 49.9 Å². The Bertz CT molecular complexity index is 1200. The Morgan fingerprint density at radius 3 is 1.11 bits per heavy atom. The van der Waals surface area contributed by atoms with Gasteiger partial charge in [-0.05, 0) is 72.8 Å². The number of hydrogen-bond donors (Lipinski definition) is 6. The average Bonchev–Trinajstić information content (AvgIpc) is 3.61. The molecular weight excluding hydrogens is 492 g/mol. The molecule has 2 aliphatic heterocycles. The highest BCUT2D eigenvalue weighted by Gasteiger charge is 2.10. The first-order valence-electron chi connectivity index (χ1n) is 11.7. The number of benzene rings is 3. The number of nitrogens with one attached hydrogen (secondary N) is 6. The lowest BCUT2D eigenvalue weighted by molar-refractivity contribution is 0.261. The molecule has 4 amide bonds. The highest BCUT2D eigenvalue weighted by atomic mass is 35.5. The molecule has 0 spiro atoms. The van der Waals surface area contributed by atoms with Gasteiger partial charge in [0.2, 0.25) is 0 Å². The van der Waals surface area contributed by atoms with Crippen molar-refractivity contribution in [3.63, 3.8) is 0 Å². The van der Waals surface area contributed by atoms with E-state index in [2.05, 4.69) is 41.9 Å². The van der Waals surface area contributed by atoms with E-state index in [1.165, 1.54) is 0 Å². The average molecular weight is 519 g/mol. The molecule has 6 N–H and O–H groups in total. The van der Waals surface area contributed by atoms with E-state index in [0.717, 1.165) is 49.0 Å². The largest absolute Gasteiger partial charge is 0.368 e. The number of rotatable bonds is 6. The Morgan fingerprint density at radius 2 is 0.838 bits per heavy atom. The molecule has 0 aliphatic carbocycles. The summed E-state index contributed by atoms with van der Waals surface area (Å²) >= 11 is 0. The quantitative estimate of drug-likeness (QED) is 0.293. The number of halogens is 1. The molecule has 11 heteroatoms. The summed E-state index contributed by atoms with van der Waals surface area (Å²) in [5, 5.41) is 17.6. The first kappa shape index (κ1) is 25.5. The van der Waals surface area contributed by atoms with E-state index in [1.807, 2.05) is 48.5 Å². The van der Waals surface area contributed by atoms with Crippen LogP contribution in [0.1, 0.15) is 11.1 Å². The lowest BCUT2D eigenvalue weighted by Gasteiger charge is -2.11. The summed E-state index contributed by atoms with van der Waals surface area (Å²) < 4.78 is 0. The van der Waals surface area contributed by atoms with Crippen LogP contribution in [0, 0.1) is 0 Å². The Labute approximate surface area is 220 Å². The third-order valence-electron chi connectivity index (χ3n) is 5.58. The van der Waals surface area contributed by atoms with Gasteiger partial charge in [0, 0.05) is 47.0 Å². The van der Waals surface area contributed by atoms with Gasteiger partial charge < -0.3 is 31.9 Å². The monoisotopic (exact) mass is 518 g/mol. The molecule has 37 heavy (non-hydrogen) atoms. The maximum Gasteiger partial charge on any atom is 0.323 e. The number of carbonyl (C=O) groups is 2. The van der Waals surface area contributed by atoms with Crippen molar-refractivity contribution in [2.24, 2.45) is 9.98 Å². The summed E-state index contributed by atoms with van der Waals surface area (Å²) in [7, 11) is 0. The molecule has 0 bridgehead atoms. The summed E-state index contributed by atoms with van der Waals surface area (Å²) in [6.45, 7) is 3.25. The molecule has 0 fully saturated rings. The second kappa shape index (κ2) is 11.9. The predicted molar refractivity (Wildman–Crippen MR) is 151 cm³/mol. The number of anilines is 4. The van der Waals surface area contributed by atoms with Crippen molar-refractivity contribution in [1.82, 2.24) is 10.6 Å². The maximum absolute atomic E-state index is 12.3. The van der Waals surface area contributed by atoms with E-state index < -0.39 is 0 Å². The third kappa shape index (κ3) is 6.77.